The van der Waals surface area contributed by atoms with Gasteiger partial charge in [-0.15, -0.1) is 0 Å². The number of hydrogen-bond acceptors (Lipinski definition) is 8. The van der Waals surface area contributed by atoms with Crippen LogP contribution in [0.5, 0.6) is 11.5 Å². The molecule has 4 saturated carbocycles. The van der Waals surface area contributed by atoms with Gasteiger partial charge in [-0.1, -0.05) is 0 Å². The molecule has 3 aromatic rings. The summed E-state index contributed by atoms with van der Waals surface area (Å²) in [5, 5.41) is 7.73. The standard InChI is InChI=1S/C33H41N5O4/c1-40-29-17-28-27(16-30(29)42-10-2-7-38-8-11-41-12-9-38)31(35-21-34-28)36-26-5-3-25(4-6-26)32(39)37-33-18-22-13-23(19-33)15-24(14-22)20-33/h3-6,16-17,21-24H,2,7-15,18-20H2,1H3,(H,37,39)(H,34,35,36). The Hall–Kier alpha value is -3.43. The Labute approximate surface area is 247 Å². The van der Waals surface area contributed by atoms with Crippen molar-refractivity contribution in [2.24, 2.45) is 17.8 Å². The number of hydrogen-bond donors (Lipinski definition) is 2. The fraction of sp³-hybridized carbons (Fsp3) is 0.545. The summed E-state index contributed by atoms with van der Waals surface area (Å²) < 4.78 is 17.2. The number of nitrogens with zero attached hydrogens (tertiary/aromatic N) is 3. The number of amides is 1. The fourth-order valence-electron chi connectivity index (χ4n) is 8.15. The zero-order chi connectivity index (χ0) is 28.5. The Balaban J connectivity index is 1.02. The second-order valence-electron chi connectivity index (χ2n) is 12.8. The highest BCUT2D eigenvalue weighted by Gasteiger charge is 2.51. The lowest BCUT2D eigenvalue weighted by Gasteiger charge is -2.56. The number of carbonyl (C=O) groups excluding carboxylic acids is 1. The summed E-state index contributed by atoms with van der Waals surface area (Å²) in [5.41, 5.74) is 2.31. The van der Waals surface area contributed by atoms with E-state index in [1.54, 1.807) is 13.4 Å². The highest BCUT2D eigenvalue weighted by molar-refractivity contribution is 5.96. The van der Waals surface area contributed by atoms with E-state index in [-0.39, 0.29) is 11.4 Å². The smallest absolute Gasteiger partial charge is 0.251 e. The Bertz CT molecular complexity index is 1390. The van der Waals surface area contributed by atoms with Crippen molar-refractivity contribution in [3.05, 3.63) is 48.3 Å². The molecule has 5 aliphatic rings. The molecule has 9 nitrogen and oxygen atoms in total. The average molecular weight is 572 g/mol. The van der Waals surface area contributed by atoms with Crippen LogP contribution in [-0.4, -0.2) is 72.9 Å². The van der Waals surface area contributed by atoms with Gasteiger partial charge in [0.25, 0.3) is 5.91 Å². The van der Waals surface area contributed by atoms with Crippen LogP contribution in [0, 0.1) is 17.8 Å². The van der Waals surface area contributed by atoms with E-state index in [9.17, 15) is 4.79 Å². The van der Waals surface area contributed by atoms with Gasteiger partial charge in [-0.3, -0.25) is 9.69 Å². The van der Waals surface area contributed by atoms with E-state index in [2.05, 4.69) is 25.5 Å². The summed E-state index contributed by atoms with van der Waals surface area (Å²) in [4.78, 5) is 24.7. The third kappa shape index (κ3) is 5.77. The zero-order valence-electron chi connectivity index (χ0n) is 24.4. The van der Waals surface area contributed by atoms with Crippen LogP contribution >= 0.6 is 0 Å². The second-order valence-corrected chi connectivity index (χ2v) is 12.8. The van der Waals surface area contributed by atoms with Crippen molar-refractivity contribution in [3.8, 4) is 11.5 Å². The maximum Gasteiger partial charge on any atom is 0.251 e. The van der Waals surface area contributed by atoms with Gasteiger partial charge in [0.1, 0.15) is 12.1 Å². The van der Waals surface area contributed by atoms with E-state index >= 15 is 0 Å². The number of rotatable bonds is 10. The average Bonchev–Trinajstić information content (AvgIpc) is 2.99. The maximum atomic E-state index is 13.3. The first-order chi connectivity index (χ1) is 20.6. The van der Waals surface area contributed by atoms with Gasteiger partial charge in [-0.2, -0.15) is 0 Å². The Kier molecular flexibility index (Phi) is 7.63. The van der Waals surface area contributed by atoms with Crippen LogP contribution in [0.15, 0.2) is 42.7 Å². The molecule has 2 aromatic carbocycles. The highest BCUT2D eigenvalue weighted by Crippen LogP contribution is 2.55. The van der Waals surface area contributed by atoms with Crippen LogP contribution in [0.1, 0.15) is 55.3 Å². The monoisotopic (exact) mass is 571 g/mol. The zero-order valence-corrected chi connectivity index (χ0v) is 24.4. The number of methoxy groups -OCH3 is 1. The topological polar surface area (TPSA) is 97.8 Å². The van der Waals surface area contributed by atoms with E-state index in [0.29, 0.717) is 29.5 Å². The molecule has 4 bridgehead atoms. The van der Waals surface area contributed by atoms with Gasteiger partial charge >= 0.3 is 0 Å². The van der Waals surface area contributed by atoms with Gasteiger partial charge < -0.3 is 24.8 Å². The van der Waals surface area contributed by atoms with Crippen molar-refractivity contribution in [1.29, 1.82) is 0 Å². The summed E-state index contributed by atoms with van der Waals surface area (Å²) in [7, 11) is 1.64. The van der Waals surface area contributed by atoms with Crippen LogP contribution in [0.3, 0.4) is 0 Å². The molecule has 42 heavy (non-hydrogen) atoms. The Morgan fingerprint density at radius 3 is 2.40 bits per heavy atom. The van der Waals surface area contributed by atoms with Crippen LogP contribution < -0.4 is 20.1 Å². The van der Waals surface area contributed by atoms with Gasteiger partial charge in [-0.05, 0) is 93.0 Å². The second kappa shape index (κ2) is 11.7. The van der Waals surface area contributed by atoms with E-state index < -0.39 is 0 Å². The molecule has 0 radical (unpaired) electrons. The van der Waals surface area contributed by atoms with Crippen LogP contribution in [0.4, 0.5) is 11.5 Å². The Morgan fingerprint density at radius 2 is 1.71 bits per heavy atom. The molecular formula is C33H41N5O4. The van der Waals surface area contributed by atoms with Crippen molar-refractivity contribution in [1.82, 2.24) is 20.2 Å². The molecule has 0 unspecified atom stereocenters. The normalized spacial score (nSPS) is 26.7. The molecule has 8 rings (SSSR count). The summed E-state index contributed by atoms with van der Waals surface area (Å²) in [6, 6.07) is 11.5. The van der Waals surface area contributed by atoms with E-state index in [1.165, 1.54) is 19.3 Å². The number of nitrogens with one attached hydrogen (secondary N) is 2. The van der Waals surface area contributed by atoms with Crippen LogP contribution in [0.2, 0.25) is 0 Å². The van der Waals surface area contributed by atoms with Gasteiger partial charge in [0.05, 0.1) is 32.4 Å². The molecule has 0 atom stereocenters. The molecule has 4 aliphatic carbocycles. The molecule has 1 aromatic heterocycles. The molecule has 5 fully saturated rings. The van der Waals surface area contributed by atoms with Gasteiger partial charge in [0.15, 0.2) is 11.5 Å². The van der Waals surface area contributed by atoms with Crippen LogP contribution in [-0.2, 0) is 4.74 Å². The van der Waals surface area contributed by atoms with Crippen molar-refractivity contribution < 1.29 is 19.0 Å². The summed E-state index contributed by atoms with van der Waals surface area (Å²) in [6.07, 6.45) is 9.99. The third-order valence-corrected chi connectivity index (χ3v) is 9.73. The molecule has 1 saturated heterocycles. The van der Waals surface area contributed by atoms with Crippen LogP contribution in [0.25, 0.3) is 10.9 Å². The number of aromatic nitrogens is 2. The highest BCUT2D eigenvalue weighted by atomic mass is 16.5. The number of fused-ring (bicyclic) bond motifs is 1. The first-order valence-electron chi connectivity index (χ1n) is 15.5. The minimum absolute atomic E-state index is 0.00592. The molecule has 222 valence electrons. The lowest BCUT2D eigenvalue weighted by atomic mass is 9.53. The lowest BCUT2D eigenvalue weighted by Crippen LogP contribution is -2.59. The maximum absolute atomic E-state index is 13.3. The summed E-state index contributed by atoms with van der Waals surface area (Å²) in [6.45, 7) is 5.10. The van der Waals surface area contributed by atoms with E-state index in [4.69, 9.17) is 14.2 Å². The molecule has 2 heterocycles. The molecule has 0 spiro atoms. The predicted molar refractivity (Wildman–Crippen MR) is 162 cm³/mol. The molecular weight excluding hydrogens is 530 g/mol. The van der Waals surface area contributed by atoms with Gasteiger partial charge in [0.2, 0.25) is 0 Å². The van der Waals surface area contributed by atoms with E-state index in [0.717, 1.165) is 92.9 Å². The first kappa shape index (κ1) is 27.4. The number of ether oxygens (including phenoxy) is 3. The lowest BCUT2D eigenvalue weighted by molar-refractivity contribution is -0.0167. The quantitative estimate of drug-likeness (QED) is 0.321. The number of benzene rings is 2. The minimum Gasteiger partial charge on any atom is -0.493 e. The molecule has 1 aliphatic heterocycles. The Morgan fingerprint density at radius 1 is 1.00 bits per heavy atom. The van der Waals surface area contributed by atoms with Crippen molar-refractivity contribution >= 4 is 28.3 Å². The SMILES string of the molecule is COc1cc2ncnc(Nc3ccc(C(=O)NC45CC6CC(CC(C6)C4)C5)cc3)c2cc1OCCCN1CCOCC1. The predicted octanol–water partition coefficient (Wildman–Crippen LogP) is 5.18. The fourth-order valence-corrected chi connectivity index (χ4v) is 8.15. The molecule has 9 heteroatoms. The van der Waals surface area contributed by atoms with Crippen molar-refractivity contribution in [2.45, 2.75) is 50.5 Å². The first-order valence-corrected chi connectivity index (χ1v) is 15.5. The number of morpholine rings is 1. The third-order valence-electron chi connectivity index (χ3n) is 9.73. The van der Waals surface area contributed by atoms with Gasteiger partial charge in [0, 0.05) is 47.9 Å². The number of carbonyl (C=O) groups is 1. The largest absolute Gasteiger partial charge is 0.493 e. The van der Waals surface area contributed by atoms with Crippen molar-refractivity contribution in [2.75, 3.05) is 51.9 Å². The summed E-state index contributed by atoms with van der Waals surface area (Å²) in [5.74, 6) is 4.42. The molecule has 1 amide bonds. The van der Waals surface area contributed by atoms with Crippen molar-refractivity contribution in [3.63, 3.8) is 0 Å². The van der Waals surface area contributed by atoms with E-state index in [1.807, 2.05) is 36.4 Å². The number of anilines is 2. The van der Waals surface area contributed by atoms with Gasteiger partial charge in [-0.25, -0.2) is 9.97 Å². The summed E-state index contributed by atoms with van der Waals surface area (Å²) >= 11 is 0. The molecule has 2 N–H and O–H groups in total. The minimum atomic E-state index is 0.00592.